The number of aromatic nitrogens is 2. The smallest absolute Gasteiger partial charge is 0.169 e. The molecule has 0 aromatic carbocycles. The summed E-state index contributed by atoms with van der Waals surface area (Å²) in [6.07, 6.45) is 8.96. The molecule has 0 bridgehead atoms. The molecule has 0 saturated heterocycles. The van der Waals surface area contributed by atoms with Gasteiger partial charge in [0.1, 0.15) is 0 Å². The van der Waals surface area contributed by atoms with E-state index in [1.54, 1.807) is 0 Å². The van der Waals surface area contributed by atoms with Gasteiger partial charge < -0.3 is 0 Å². The van der Waals surface area contributed by atoms with Crippen molar-refractivity contribution in [2.75, 3.05) is 13.3 Å². The van der Waals surface area contributed by atoms with Crippen molar-refractivity contribution in [1.29, 1.82) is 0 Å². The number of pyridine rings is 2. The van der Waals surface area contributed by atoms with E-state index >= 15 is 0 Å². The molecule has 2 aromatic rings. The van der Waals surface area contributed by atoms with Crippen molar-refractivity contribution in [3.63, 3.8) is 0 Å². The van der Waals surface area contributed by atoms with Gasteiger partial charge in [0.05, 0.1) is 13.3 Å². The largest absolute Gasteiger partial charge is 0.251 e. The average Bonchev–Trinajstić information content (AvgIpc) is 2.52. The maximum Gasteiger partial charge on any atom is 0.169 e. The predicted octanol–water partition coefficient (Wildman–Crippen LogP) is 2.65. The lowest BCUT2D eigenvalue weighted by molar-refractivity contribution is -0.697. The fraction of sp³-hybridized carbons (Fsp3) is 0.375. The van der Waals surface area contributed by atoms with Gasteiger partial charge in [-0.25, -0.2) is 9.13 Å². The number of nitrogens with zero attached hydrogens (tertiary/aromatic N) is 2. The summed E-state index contributed by atoms with van der Waals surface area (Å²) < 4.78 is 28.2. The summed E-state index contributed by atoms with van der Waals surface area (Å²) in [6.45, 7) is 0.836. The minimum atomic E-state index is -0.285. The van der Waals surface area contributed by atoms with Gasteiger partial charge in [-0.1, -0.05) is 0 Å². The fourth-order valence-electron chi connectivity index (χ4n) is 2.08. The van der Waals surface area contributed by atoms with Crippen LogP contribution >= 0.6 is 0 Å². The van der Waals surface area contributed by atoms with Crippen molar-refractivity contribution >= 4 is 0 Å². The summed E-state index contributed by atoms with van der Waals surface area (Å²) in [4.78, 5) is 0. The van der Waals surface area contributed by atoms with Gasteiger partial charge in [0.15, 0.2) is 37.9 Å². The Labute approximate surface area is 118 Å². The zero-order valence-electron chi connectivity index (χ0n) is 11.5. The van der Waals surface area contributed by atoms with Crippen LogP contribution in [-0.2, 0) is 13.1 Å². The molecular weight excluding hydrogens is 258 g/mol. The molecular formula is C16H20F2N2+2. The van der Waals surface area contributed by atoms with Gasteiger partial charge in [-0.2, -0.15) is 0 Å². The summed E-state index contributed by atoms with van der Waals surface area (Å²) in [5.41, 5.74) is 2.25. The maximum absolute atomic E-state index is 12.1. The molecule has 0 amide bonds. The molecule has 106 valence electrons. The first kappa shape index (κ1) is 14.6. The SMILES string of the molecule is FCCC[n+]1ccc(-c2cc[n+](CCCF)cc2)cc1. The lowest BCUT2D eigenvalue weighted by atomic mass is 10.1. The first-order valence-corrected chi connectivity index (χ1v) is 6.94. The Kier molecular flexibility index (Phi) is 5.59. The van der Waals surface area contributed by atoms with Crippen molar-refractivity contribution in [3.05, 3.63) is 49.1 Å². The molecule has 0 spiro atoms. The van der Waals surface area contributed by atoms with Crippen LogP contribution in [0.2, 0.25) is 0 Å². The highest BCUT2D eigenvalue weighted by Gasteiger charge is 2.05. The van der Waals surface area contributed by atoms with Crippen molar-refractivity contribution in [2.45, 2.75) is 25.9 Å². The van der Waals surface area contributed by atoms with E-state index in [9.17, 15) is 8.78 Å². The summed E-state index contributed by atoms with van der Waals surface area (Å²) in [5, 5.41) is 0. The molecule has 0 aliphatic heterocycles. The minimum Gasteiger partial charge on any atom is -0.251 e. The van der Waals surface area contributed by atoms with Gasteiger partial charge >= 0.3 is 0 Å². The third-order valence-electron chi connectivity index (χ3n) is 3.22. The van der Waals surface area contributed by atoms with Crippen LogP contribution in [0.3, 0.4) is 0 Å². The number of rotatable bonds is 7. The summed E-state index contributed by atoms with van der Waals surface area (Å²) in [5.74, 6) is 0. The van der Waals surface area contributed by atoms with Crippen molar-refractivity contribution < 1.29 is 17.9 Å². The molecule has 0 radical (unpaired) electrons. The Morgan fingerprint density at radius 1 is 0.650 bits per heavy atom. The molecule has 2 aromatic heterocycles. The molecule has 0 unspecified atom stereocenters. The molecule has 0 N–H and O–H groups in total. The van der Waals surface area contributed by atoms with Crippen LogP contribution in [0, 0.1) is 0 Å². The molecule has 2 nitrogen and oxygen atoms in total. The molecule has 2 heterocycles. The van der Waals surface area contributed by atoms with Crippen LogP contribution in [0.25, 0.3) is 11.1 Å². The van der Waals surface area contributed by atoms with E-state index in [-0.39, 0.29) is 13.3 Å². The Morgan fingerprint density at radius 2 is 1.00 bits per heavy atom. The summed E-state index contributed by atoms with van der Waals surface area (Å²) in [7, 11) is 0. The van der Waals surface area contributed by atoms with Crippen LogP contribution in [0.4, 0.5) is 8.78 Å². The van der Waals surface area contributed by atoms with E-state index in [2.05, 4.69) is 0 Å². The van der Waals surface area contributed by atoms with E-state index < -0.39 is 0 Å². The fourth-order valence-corrected chi connectivity index (χ4v) is 2.08. The van der Waals surface area contributed by atoms with Gasteiger partial charge in [0.2, 0.25) is 0 Å². The highest BCUT2D eigenvalue weighted by Crippen LogP contribution is 2.15. The first-order valence-electron chi connectivity index (χ1n) is 6.94. The first-order chi connectivity index (χ1) is 9.83. The average molecular weight is 278 g/mol. The maximum atomic E-state index is 12.1. The van der Waals surface area contributed by atoms with Crippen LogP contribution in [0.5, 0.6) is 0 Å². The second kappa shape index (κ2) is 7.68. The van der Waals surface area contributed by atoms with Crippen molar-refractivity contribution in [3.8, 4) is 11.1 Å². The standard InChI is InChI=1S/C16H20F2N2/c17-7-1-9-19-11-3-15(4-12-19)16-5-13-20(14-6-16)10-2-8-18/h3-6,11-14H,1-2,7-10H2/q+2. The van der Waals surface area contributed by atoms with Gasteiger partial charge in [-0.15, -0.1) is 0 Å². The van der Waals surface area contributed by atoms with Crippen molar-refractivity contribution in [2.24, 2.45) is 0 Å². The Hall–Kier alpha value is -1.84. The van der Waals surface area contributed by atoms with Gasteiger partial charge in [0, 0.05) is 37.1 Å². The quantitative estimate of drug-likeness (QED) is 0.688. The van der Waals surface area contributed by atoms with Gasteiger partial charge in [-0.3, -0.25) is 8.78 Å². The van der Waals surface area contributed by atoms with E-state index in [1.807, 2.05) is 58.2 Å². The van der Waals surface area contributed by atoms with Crippen LogP contribution in [0.1, 0.15) is 12.8 Å². The number of hydrogen-bond acceptors (Lipinski definition) is 0. The topological polar surface area (TPSA) is 7.76 Å². The molecule has 4 heteroatoms. The third kappa shape index (κ3) is 4.08. The summed E-state index contributed by atoms with van der Waals surface area (Å²) in [6, 6.07) is 8.11. The van der Waals surface area contributed by atoms with Crippen LogP contribution in [-0.4, -0.2) is 13.3 Å². The Morgan fingerprint density at radius 3 is 1.30 bits per heavy atom. The van der Waals surface area contributed by atoms with Crippen molar-refractivity contribution in [1.82, 2.24) is 0 Å². The zero-order chi connectivity index (χ0) is 14.2. The number of aryl methyl sites for hydroxylation is 2. The highest BCUT2D eigenvalue weighted by atomic mass is 19.1. The number of halogens is 2. The van der Waals surface area contributed by atoms with Gasteiger partial charge in [0.25, 0.3) is 0 Å². The molecule has 0 fully saturated rings. The lowest BCUT2D eigenvalue weighted by Crippen LogP contribution is -2.33. The Balaban J connectivity index is 2.03. The van der Waals surface area contributed by atoms with Crippen LogP contribution in [0.15, 0.2) is 49.1 Å². The number of alkyl halides is 2. The molecule has 20 heavy (non-hydrogen) atoms. The summed E-state index contributed by atoms with van der Waals surface area (Å²) >= 11 is 0. The van der Waals surface area contributed by atoms with E-state index in [1.165, 1.54) is 0 Å². The highest BCUT2D eigenvalue weighted by molar-refractivity contribution is 5.60. The molecule has 0 aliphatic carbocycles. The zero-order valence-corrected chi connectivity index (χ0v) is 11.5. The van der Waals surface area contributed by atoms with Crippen LogP contribution < -0.4 is 9.13 Å². The third-order valence-corrected chi connectivity index (χ3v) is 3.22. The Bertz CT molecular complexity index is 460. The van der Waals surface area contributed by atoms with Gasteiger partial charge in [-0.05, 0) is 11.1 Å². The molecule has 2 rings (SSSR count). The van der Waals surface area contributed by atoms with E-state index in [0.29, 0.717) is 25.9 Å². The molecule has 0 atom stereocenters. The normalized spacial score (nSPS) is 10.7. The monoisotopic (exact) mass is 278 g/mol. The second-order valence-electron chi connectivity index (χ2n) is 4.73. The number of hydrogen-bond donors (Lipinski definition) is 0. The lowest BCUT2D eigenvalue weighted by Gasteiger charge is -2.01. The predicted molar refractivity (Wildman–Crippen MR) is 73.5 cm³/mol. The van der Waals surface area contributed by atoms with E-state index in [4.69, 9.17) is 0 Å². The minimum absolute atomic E-state index is 0.285. The second-order valence-corrected chi connectivity index (χ2v) is 4.73. The molecule has 0 aliphatic rings. The molecule has 0 saturated carbocycles. The van der Waals surface area contributed by atoms with E-state index in [0.717, 1.165) is 11.1 Å².